The first kappa shape index (κ1) is 19.2. The van der Waals surface area contributed by atoms with E-state index >= 15 is 0 Å². The molecular formula is C23H28N2O3S. The standard InChI is InChI=1S/C23H28N2O3S/c1-29-7-6-19(25-21(27)17-4-2-3-5-18(17)22(25)28)20(26)24-23-11-14-8-15(12-23)10-16(9-14)13-23/h2-5,14-16,19H,6-13H2,1H3,(H,24,26)/t14?,15?,16?,19-,23?/m0/s1. The Morgan fingerprint density at radius 2 is 1.59 bits per heavy atom. The third-order valence-electron chi connectivity index (χ3n) is 7.46. The van der Waals surface area contributed by atoms with Gasteiger partial charge in [0.1, 0.15) is 6.04 Å². The number of nitrogens with one attached hydrogen (secondary N) is 1. The SMILES string of the molecule is CSCC[C@@H](C(=O)NC12CC3CC(CC(C3)C1)C2)N1C(=O)c2ccccc2C1=O. The van der Waals surface area contributed by atoms with E-state index < -0.39 is 6.04 Å². The number of benzene rings is 1. The van der Waals surface area contributed by atoms with Crippen LogP contribution in [0.2, 0.25) is 0 Å². The van der Waals surface area contributed by atoms with E-state index in [2.05, 4.69) is 5.32 Å². The van der Waals surface area contributed by atoms with Crippen molar-refractivity contribution in [2.75, 3.05) is 12.0 Å². The molecule has 6 heteroatoms. The highest BCUT2D eigenvalue weighted by atomic mass is 32.2. The highest BCUT2D eigenvalue weighted by molar-refractivity contribution is 7.98. The molecule has 1 aromatic carbocycles. The number of nitrogens with zero attached hydrogens (tertiary/aromatic N) is 1. The summed E-state index contributed by atoms with van der Waals surface area (Å²) in [7, 11) is 0. The molecule has 154 valence electrons. The van der Waals surface area contributed by atoms with Crippen molar-refractivity contribution >= 4 is 29.5 Å². The molecule has 5 aliphatic rings. The maximum absolute atomic E-state index is 13.5. The number of amides is 3. The number of imide groups is 1. The summed E-state index contributed by atoms with van der Waals surface area (Å²) in [6.07, 6.45) is 9.57. The molecule has 1 aliphatic heterocycles. The Morgan fingerprint density at radius 3 is 2.07 bits per heavy atom. The molecule has 4 bridgehead atoms. The van der Waals surface area contributed by atoms with Crippen LogP contribution in [0.15, 0.2) is 24.3 Å². The maximum Gasteiger partial charge on any atom is 0.262 e. The average Bonchev–Trinajstić information content (AvgIpc) is 2.92. The normalized spacial score (nSPS) is 33.1. The van der Waals surface area contributed by atoms with Gasteiger partial charge in [-0.15, -0.1) is 0 Å². The lowest BCUT2D eigenvalue weighted by atomic mass is 9.53. The molecule has 1 aromatic rings. The molecule has 4 aliphatic carbocycles. The van der Waals surface area contributed by atoms with Crippen molar-refractivity contribution in [3.05, 3.63) is 35.4 Å². The molecule has 0 unspecified atom stereocenters. The average molecular weight is 413 g/mol. The molecule has 0 radical (unpaired) electrons. The zero-order chi connectivity index (χ0) is 20.2. The molecule has 5 nitrogen and oxygen atoms in total. The van der Waals surface area contributed by atoms with E-state index in [-0.39, 0.29) is 23.3 Å². The Kier molecular flexibility index (Phi) is 4.72. The van der Waals surface area contributed by atoms with Crippen molar-refractivity contribution < 1.29 is 14.4 Å². The Bertz CT molecular complexity index is 797. The number of thioether (sulfide) groups is 1. The molecule has 1 atom stereocenters. The van der Waals surface area contributed by atoms with Gasteiger partial charge in [-0.1, -0.05) is 12.1 Å². The van der Waals surface area contributed by atoms with Crippen LogP contribution in [0.5, 0.6) is 0 Å². The van der Waals surface area contributed by atoms with Gasteiger partial charge in [0.25, 0.3) is 11.8 Å². The number of carbonyl (C=O) groups is 3. The van der Waals surface area contributed by atoms with E-state index in [9.17, 15) is 14.4 Å². The van der Waals surface area contributed by atoms with Crippen LogP contribution < -0.4 is 5.32 Å². The van der Waals surface area contributed by atoms with Crippen molar-refractivity contribution in [1.29, 1.82) is 0 Å². The minimum atomic E-state index is -0.733. The number of hydrogen-bond acceptors (Lipinski definition) is 4. The van der Waals surface area contributed by atoms with Crippen LogP contribution in [0.3, 0.4) is 0 Å². The van der Waals surface area contributed by atoms with E-state index in [1.807, 2.05) is 6.26 Å². The summed E-state index contributed by atoms with van der Waals surface area (Å²) in [5.41, 5.74) is 0.700. The topological polar surface area (TPSA) is 66.5 Å². The Balaban J connectivity index is 1.40. The third-order valence-corrected chi connectivity index (χ3v) is 8.11. The van der Waals surface area contributed by atoms with Crippen molar-refractivity contribution in [1.82, 2.24) is 10.2 Å². The van der Waals surface area contributed by atoms with Gasteiger partial charge in [0.2, 0.25) is 5.91 Å². The van der Waals surface area contributed by atoms with Gasteiger partial charge in [-0.25, -0.2) is 0 Å². The smallest absolute Gasteiger partial charge is 0.262 e. The van der Waals surface area contributed by atoms with Gasteiger partial charge in [-0.3, -0.25) is 19.3 Å². The van der Waals surface area contributed by atoms with Crippen LogP contribution in [-0.4, -0.2) is 46.2 Å². The summed E-state index contributed by atoms with van der Waals surface area (Å²) in [5.74, 6) is 2.10. The lowest BCUT2D eigenvalue weighted by Gasteiger charge is -2.57. The Labute approximate surface area is 176 Å². The van der Waals surface area contributed by atoms with Crippen molar-refractivity contribution in [3.63, 3.8) is 0 Å². The van der Waals surface area contributed by atoms with Crippen LogP contribution in [0.4, 0.5) is 0 Å². The molecule has 29 heavy (non-hydrogen) atoms. The zero-order valence-corrected chi connectivity index (χ0v) is 17.7. The van der Waals surface area contributed by atoms with E-state index in [0.29, 0.717) is 17.5 Å². The highest BCUT2D eigenvalue weighted by Gasteiger charge is 2.52. The van der Waals surface area contributed by atoms with Gasteiger partial charge in [0, 0.05) is 5.54 Å². The highest BCUT2D eigenvalue weighted by Crippen LogP contribution is 2.55. The fourth-order valence-corrected chi connectivity index (χ4v) is 7.17. The van der Waals surface area contributed by atoms with E-state index in [4.69, 9.17) is 0 Å². The first-order chi connectivity index (χ1) is 14.0. The minimum Gasteiger partial charge on any atom is -0.349 e. The minimum absolute atomic E-state index is 0.123. The molecule has 0 aromatic heterocycles. The number of carbonyl (C=O) groups excluding carboxylic acids is 3. The van der Waals surface area contributed by atoms with Crippen LogP contribution in [0.1, 0.15) is 65.7 Å². The van der Waals surface area contributed by atoms with Gasteiger partial charge in [0.05, 0.1) is 11.1 Å². The van der Waals surface area contributed by atoms with Crippen LogP contribution in [0.25, 0.3) is 0 Å². The van der Waals surface area contributed by atoms with Crippen molar-refractivity contribution in [2.45, 2.75) is 56.5 Å². The summed E-state index contributed by atoms with van der Waals surface area (Å²) in [5, 5.41) is 3.38. The summed E-state index contributed by atoms with van der Waals surface area (Å²) in [4.78, 5) is 40.7. The van der Waals surface area contributed by atoms with Gasteiger partial charge in [-0.05, 0) is 86.8 Å². The second-order valence-electron chi connectivity index (χ2n) is 9.51. The van der Waals surface area contributed by atoms with Gasteiger partial charge < -0.3 is 5.32 Å². The van der Waals surface area contributed by atoms with Gasteiger partial charge in [0.15, 0.2) is 0 Å². The fourth-order valence-electron chi connectivity index (χ4n) is 6.71. The second-order valence-corrected chi connectivity index (χ2v) is 10.5. The van der Waals surface area contributed by atoms with Gasteiger partial charge in [-0.2, -0.15) is 11.8 Å². The summed E-state index contributed by atoms with van der Waals surface area (Å²) in [6, 6.07) is 6.15. The molecule has 0 spiro atoms. The van der Waals surface area contributed by atoms with E-state index in [0.717, 1.165) is 42.8 Å². The first-order valence-electron chi connectivity index (χ1n) is 10.8. The quantitative estimate of drug-likeness (QED) is 0.727. The molecule has 4 fully saturated rings. The molecular weight excluding hydrogens is 384 g/mol. The largest absolute Gasteiger partial charge is 0.349 e. The van der Waals surface area contributed by atoms with E-state index in [1.54, 1.807) is 36.0 Å². The van der Waals surface area contributed by atoms with Crippen molar-refractivity contribution in [2.24, 2.45) is 17.8 Å². The number of fused-ring (bicyclic) bond motifs is 1. The summed E-state index contributed by atoms with van der Waals surface area (Å²) < 4.78 is 0. The summed E-state index contributed by atoms with van der Waals surface area (Å²) in [6.45, 7) is 0. The van der Waals surface area contributed by atoms with E-state index in [1.165, 1.54) is 24.2 Å². The molecule has 6 rings (SSSR count). The molecule has 3 amide bonds. The zero-order valence-electron chi connectivity index (χ0n) is 16.9. The first-order valence-corrected chi connectivity index (χ1v) is 12.2. The van der Waals surface area contributed by atoms with Crippen LogP contribution in [-0.2, 0) is 4.79 Å². The monoisotopic (exact) mass is 412 g/mol. The predicted octanol–water partition coefficient (Wildman–Crippen LogP) is 3.49. The fraction of sp³-hybridized carbons (Fsp3) is 0.609. The molecule has 4 saturated carbocycles. The van der Waals surface area contributed by atoms with Gasteiger partial charge >= 0.3 is 0 Å². The maximum atomic E-state index is 13.5. The molecule has 1 N–H and O–H groups in total. The molecule has 0 saturated heterocycles. The lowest BCUT2D eigenvalue weighted by molar-refractivity contribution is -0.130. The third kappa shape index (κ3) is 3.20. The van der Waals surface area contributed by atoms with Crippen molar-refractivity contribution in [3.8, 4) is 0 Å². The van der Waals surface area contributed by atoms with Crippen LogP contribution >= 0.6 is 11.8 Å². The number of hydrogen-bond donors (Lipinski definition) is 1. The Hall–Kier alpha value is -1.82. The second kappa shape index (κ2) is 7.15. The lowest BCUT2D eigenvalue weighted by Crippen LogP contribution is -2.63. The molecule has 1 heterocycles. The Morgan fingerprint density at radius 1 is 1.07 bits per heavy atom. The predicted molar refractivity (Wildman–Crippen MR) is 113 cm³/mol. The number of rotatable bonds is 6. The summed E-state index contributed by atoms with van der Waals surface area (Å²) >= 11 is 1.63. The van der Waals surface area contributed by atoms with Crippen LogP contribution in [0, 0.1) is 17.8 Å².